The molecular weight excluding hydrogens is 197 g/mol. The van der Waals surface area contributed by atoms with Crippen molar-refractivity contribution in [3.05, 3.63) is 29.6 Å². The number of hydrogen-bond acceptors (Lipinski definition) is 2. The number of nitrogens with two attached hydrogens (primary N) is 1. The summed E-state index contributed by atoms with van der Waals surface area (Å²) in [5.41, 5.74) is 4.99. The maximum absolute atomic E-state index is 12.3. The lowest BCUT2D eigenvalue weighted by molar-refractivity contribution is -0.896. The largest absolute Gasteiger partial charge is 0.482 e. The summed E-state index contributed by atoms with van der Waals surface area (Å²) in [7, 11) is 1.16. The quantitative estimate of drug-likeness (QED) is 0.718. The Morgan fingerprint density at radius 2 is 2.07 bits per heavy atom. The van der Waals surface area contributed by atoms with Crippen LogP contribution in [0.1, 0.15) is 11.3 Å². The van der Waals surface area contributed by atoms with Gasteiger partial charge in [-0.15, -0.1) is 0 Å². The second-order valence-corrected chi connectivity index (χ2v) is 2.63. The average Bonchev–Trinajstić information content (AvgIpc) is 2.15. The van der Waals surface area contributed by atoms with E-state index in [4.69, 9.17) is 5.73 Å². The Kier molecular flexibility index (Phi) is 2.95. The van der Waals surface area contributed by atoms with E-state index in [1.165, 1.54) is 12.3 Å². The first kappa shape index (κ1) is 10.8. The molecule has 0 aliphatic rings. The predicted molar refractivity (Wildman–Crippen MR) is 42.0 cm³/mol. The third kappa shape index (κ3) is 2.14. The van der Waals surface area contributed by atoms with Crippen molar-refractivity contribution in [3.8, 4) is 0 Å². The maximum atomic E-state index is 12.3. The number of pyridine rings is 1. The number of nitrogens with zero attached hydrogens (tertiary/aromatic N) is 1. The molecule has 0 spiro atoms. The highest BCUT2D eigenvalue weighted by molar-refractivity contribution is 5.10. The highest BCUT2D eigenvalue weighted by Crippen LogP contribution is 2.26. The van der Waals surface area contributed by atoms with Gasteiger partial charge in [0.25, 0.3) is 0 Å². The van der Waals surface area contributed by atoms with E-state index in [1.807, 2.05) is 0 Å². The Morgan fingerprint density at radius 3 is 2.50 bits per heavy atom. The minimum atomic E-state index is -4.43. The summed E-state index contributed by atoms with van der Waals surface area (Å²) >= 11 is 0. The molecule has 1 heterocycles. The Morgan fingerprint density at radius 1 is 1.43 bits per heavy atom. The monoisotopic (exact) mass is 207 g/mol. The third-order valence-corrected chi connectivity index (χ3v) is 1.70. The molecule has 0 bridgehead atoms. The zero-order valence-corrected chi connectivity index (χ0v) is 7.51. The lowest BCUT2D eigenvalue weighted by Crippen LogP contribution is -2.47. The van der Waals surface area contributed by atoms with Crippen LogP contribution >= 0.6 is 0 Å². The minimum Gasteiger partial charge on any atom is -0.326 e. The van der Waals surface area contributed by atoms with E-state index >= 15 is 0 Å². The van der Waals surface area contributed by atoms with Crippen LogP contribution in [0.5, 0.6) is 0 Å². The van der Waals surface area contributed by atoms with Gasteiger partial charge in [-0.25, -0.2) is 0 Å². The molecule has 78 valence electrons. The molecular formula is C8H10F3N2O+. The van der Waals surface area contributed by atoms with Crippen LogP contribution in [0.2, 0.25) is 0 Å². The lowest BCUT2D eigenvalue weighted by Gasteiger charge is -2.04. The van der Waals surface area contributed by atoms with E-state index < -0.39 is 11.9 Å². The number of rotatable bonds is 2. The van der Waals surface area contributed by atoms with Crippen molar-refractivity contribution in [2.45, 2.75) is 12.7 Å². The molecule has 0 amide bonds. The Hall–Kier alpha value is -1.30. The molecule has 0 aliphatic carbocycles. The topological polar surface area (TPSA) is 39.1 Å². The minimum absolute atomic E-state index is 0.168. The average molecular weight is 207 g/mol. The molecule has 1 aromatic rings. The molecule has 1 rings (SSSR count). The molecule has 3 nitrogen and oxygen atoms in total. The van der Waals surface area contributed by atoms with Gasteiger partial charge in [-0.1, -0.05) is 0 Å². The van der Waals surface area contributed by atoms with Crippen LogP contribution in [-0.2, 0) is 12.7 Å². The number of halogens is 3. The van der Waals surface area contributed by atoms with Crippen molar-refractivity contribution in [3.63, 3.8) is 0 Å². The maximum Gasteiger partial charge on any atom is 0.482 e. The number of hydrogen-bond donors (Lipinski definition) is 1. The van der Waals surface area contributed by atoms with Crippen molar-refractivity contribution < 1.29 is 22.7 Å². The van der Waals surface area contributed by atoms with Crippen LogP contribution in [-0.4, -0.2) is 7.11 Å². The summed E-state index contributed by atoms with van der Waals surface area (Å²) in [4.78, 5) is 4.56. The summed E-state index contributed by atoms with van der Waals surface area (Å²) in [6.45, 7) is 0.168. The van der Waals surface area contributed by atoms with Crippen LogP contribution in [0.25, 0.3) is 0 Å². The summed E-state index contributed by atoms with van der Waals surface area (Å²) in [6, 6.07) is 2.25. The Bertz CT molecular complexity index is 325. The summed E-state index contributed by atoms with van der Waals surface area (Å²) < 4.78 is 37.7. The summed E-state index contributed by atoms with van der Waals surface area (Å²) in [6.07, 6.45) is -3.22. The van der Waals surface area contributed by atoms with E-state index in [9.17, 15) is 13.2 Å². The zero-order valence-electron chi connectivity index (χ0n) is 7.51. The highest BCUT2D eigenvalue weighted by atomic mass is 19.4. The van der Waals surface area contributed by atoms with E-state index in [-0.39, 0.29) is 6.54 Å². The molecule has 6 heteroatoms. The molecule has 0 atom stereocenters. The van der Waals surface area contributed by atoms with Gasteiger partial charge in [-0.05, 0) is 6.07 Å². The smallest absolute Gasteiger partial charge is 0.326 e. The van der Waals surface area contributed by atoms with Crippen LogP contribution in [0.3, 0.4) is 0 Å². The summed E-state index contributed by atoms with van der Waals surface area (Å²) in [5.74, 6) is 0. The number of alkyl halides is 3. The molecule has 2 N–H and O–H groups in total. The first-order chi connectivity index (χ1) is 6.49. The fraction of sp³-hybridized carbons (Fsp3) is 0.375. The zero-order chi connectivity index (χ0) is 10.8. The predicted octanol–water partition coefficient (Wildman–Crippen LogP) is 0.510. The van der Waals surface area contributed by atoms with Crippen LogP contribution in [0, 0.1) is 0 Å². The lowest BCUT2D eigenvalue weighted by atomic mass is 10.2. The fourth-order valence-corrected chi connectivity index (χ4v) is 1.01. The van der Waals surface area contributed by atoms with Crippen LogP contribution < -0.4 is 15.3 Å². The molecule has 0 saturated carbocycles. The summed E-state index contributed by atoms with van der Waals surface area (Å²) in [5, 5.41) is 0. The van der Waals surface area contributed by atoms with Gasteiger partial charge in [0.1, 0.15) is 7.11 Å². The van der Waals surface area contributed by atoms with Gasteiger partial charge >= 0.3 is 11.9 Å². The van der Waals surface area contributed by atoms with Gasteiger partial charge in [0, 0.05) is 22.9 Å². The normalized spacial score (nSPS) is 11.5. The van der Waals surface area contributed by atoms with E-state index in [0.29, 0.717) is 10.3 Å². The van der Waals surface area contributed by atoms with Crippen molar-refractivity contribution in [1.29, 1.82) is 0 Å². The van der Waals surface area contributed by atoms with Crippen molar-refractivity contribution in [2.75, 3.05) is 7.11 Å². The van der Waals surface area contributed by atoms with Crippen molar-refractivity contribution >= 4 is 0 Å². The first-order valence-electron chi connectivity index (χ1n) is 3.85. The molecule has 0 unspecified atom stereocenters. The molecule has 0 radical (unpaired) electrons. The standard InChI is InChI=1S/C8H10F3N2O/c1-14-13-5-6(4-12)2-3-7(13)8(9,10)11/h2-3,5H,4,12H2,1H3/q+1. The number of aromatic nitrogens is 1. The van der Waals surface area contributed by atoms with E-state index in [0.717, 1.165) is 13.2 Å². The first-order valence-corrected chi connectivity index (χ1v) is 3.85. The molecule has 0 saturated heterocycles. The van der Waals surface area contributed by atoms with Gasteiger partial charge in [-0.3, -0.25) is 4.84 Å². The molecule has 14 heavy (non-hydrogen) atoms. The van der Waals surface area contributed by atoms with Gasteiger partial charge < -0.3 is 5.73 Å². The Labute approximate surface area is 78.9 Å². The second kappa shape index (κ2) is 3.83. The molecule has 1 aromatic heterocycles. The van der Waals surface area contributed by atoms with Crippen LogP contribution in [0.4, 0.5) is 13.2 Å². The van der Waals surface area contributed by atoms with E-state index in [2.05, 4.69) is 4.84 Å². The fourth-order valence-electron chi connectivity index (χ4n) is 1.01. The van der Waals surface area contributed by atoms with Gasteiger partial charge in [-0.2, -0.15) is 13.2 Å². The molecule has 0 aliphatic heterocycles. The Balaban J connectivity index is 3.18. The molecule has 0 fully saturated rings. The van der Waals surface area contributed by atoms with Gasteiger partial charge in [0.05, 0.1) is 0 Å². The highest BCUT2D eigenvalue weighted by Gasteiger charge is 2.42. The van der Waals surface area contributed by atoms with Crippen molar-refractivity contribution in [2.24, 2.45) is 5.73 Å². The third-order valence-electron chi connectivity index (χ3n) is 1.70. The molecule has 0 aromatic carbocycles. The second-order valence-electron chi connectivity index (χ2n) is 2.63. The van der Waals surface area contributed by atoms with E-state index in [1.54, 1.807) is 0 Å². The van der Waals surface area contributed by atoms with Gasteiger partial charge in [0.2, 0.25) is 6.20 Å². The SMILES string of the molecule is CO[n+]1cc(CN)ccc1C(F)(F)F. The van der Waals surface area contributed by atoms with Crippen LogP contribution in [0.15, 0.2) is 18.3 Å². The van der Waals surface area contributed by atoms with Crippen molar-refractivity contribution in [1.82, 2.24) is 0 Å². The van der Waals surface area contributed by atoms with Gasteiger partial charge in [0.15, 0.2) is 0 Å².